The minimum absolute atomic E-state index is 0.0476. The maximum atomic E-state index is 13.1. The van der Waals surface area contributed by atoms with Crippen molar-refractivity contribution in [3.63, 3.8) is 0 Å². The number of hydrogen-bond donors (Lipinski definition) is 0. The molecule has 1 saturated heterocycles. The van der Waals surface area contributed by atoms with Gasteiger partial charge in [-0.1, -0.05) is 20.8 Å². The molecular formula is C20H29N3O2. The van der Waals surface area contributed by atoms with Gasteiger partial charge >= 0.3 is 0 Å². The zero-order valence-electron chi connectivity index (χ0n) is 15.6. The van der Waals surface area contributed by atoms with E-state index >= 15 is 0 Å². The molecule has 5 heteroatoms. The number of piperidine rings is 1. The van der Waals surface area contributed by atoms with Crippen LogP contribution in [0.2, 0.25) is 0 Å². The average Bonchev–Trinajstić information content (AvgIpc) is 3.43. The first-order valence-electron chi connectivity index (χ1n) is 9.35. The fraction of sp³-hybridized carbons (Fsp3) is 0.650. The lowest BCUT2D eigenvalue weighted by molar-refractivity contribution is -0.145. The second kappa shape index (κ2) is 7.14. The van der Waals surface area contributed by atoms with Crippen LogP contribution >= 0.6 is 0 Å². The molecule has 0 unspecified atom stereocenters. The number of amides is 2. The molecular weight excluding hydrogens is 314 g/mol. The van der Waals surface area contributed by atoms with Crippen LogP contribution in [0.25, 0.3) is 0 Å². The Bertz CT molecular complexity index is 612. The Morgan fingerprint density at radius 3 is 2.24 bits per heavy atom. The molecule has 3 rings (SSSR count). The summed E-state index contributed by atoms with van der Waals surface area (Å²) in [5.41, 5.74) is 0.786. The van der Waals surface area contributed by atoms with Crippen molar-refractivity contribution in [3.05, 3.63) is 30.1 Å². The molecule has 0 N–H and O–H groups in total. The summed E-state index contributed by atoms with van der Waals surface area (Å²) in [7, 11) is 0. The van der Waals surface area contributed by atoms with Crippen molar-refractivity contribution >= 4 is 11.8 Å². The maximum Gasteiger partial charge on any atom is 0.227 e. The van der Waals surface area contributed by atoms with Gasteiger partial charge in [0.05, 0.1) is 0 Å². The molecule has 0 spiro atoms. The van der Waals surface area contributed by atoms with Crippen LogP contribution in [-0.4, -0.2) is 45.7 Å². The number of nitrogens with zero attached hydrogens (tertiary/aromatic N) is 3. The summed E-state index contributed by atoms with van der Waals surface area (Å²) in [6.07, 6.45) is 7.33. The van der Waals surface area contributed by atoms with Gasteiger partial charge in [0.15, 0.2) is 0 Å². The Hall–Kier alpha value is -1.91. The third-order valence-electron chi connectivity index (χ3n) is 5.15. The van der Waals surface area contributed by atoms with Crippen molar-refractivity contribution in [2.24, 2.45) is 11.3 Å². The van der Waals surface area contributed by atoms with Gasteiger partial charge in [-0.15, -0.1) is 0 Å². The second-order valence-electron chi connectivity index (χ2n) is 8.37. The highest BCUT2D eigenvalue weighted by molar-refractivity contribution is 5.83. The number of rotatable bonds is 4. The van der Waals surface area contributed by atoms with Gasteiger partial charge in [0, 0.05) is 49.4 Å². The maximum absolute atomic E-state index is 13.1. The third-order valence-corrected chi connectivity index (χ3v) is 5.15. The van der Waals surface area contributed by atoms with Crippen LogP contribution in [0, 0.1) is 11.3 Å². The molecule has 25 heavy (non-hydrogen) atoms. The zero-order valence-corrected chi connectivity index (χ0v) is 15.6. The summed E-state index contributed by atoms with van der Waals surface area (Å²) in [5, 5.41) is 0. The van der Waals surface area contributed by atoms with Gasteiger partial charge in [-0.25, -0.2) is 0 Å². The van der Waals surface area contributed by atoms with E-state index in [-0.39, 0.29) is 23.1 Å². The van der Waals surface area contributed by atoms with Gasteiger partial charge in [0.2, 0.25) is 11.8 Å². The fourth-order valence-corrected chi connectivity index (χ4v) is 3.50. The fourth-order valence-electron chi connectivity index (χ4n) is 3.50. The van der Waals surface area contributed by atoms with Crippen LogP contribution in [0.3, 0.4) is 0 Å². The molecule has 1 aliphatic heterocycles. The lowest BCUT2D eigenvalue weighted by Crippen LogP contribution is -2.47. The Morgan fingerprint density at radius 2 is 1.72 bits per heavy atom. The largest absolute Gasteiger partial charge is 0.342 e. The van der Waals surface area contributed by atoms with Crippen molar-refractivity contribution in [3.8, 4) is 0 Å². The molecule has 136 valence electrons. The first kappa shape index (κ1) is 17.9. The van der Waals surface area contributed by atoms with Crippen LogP contribution in [0.4, 0.5) is 0 Å². The topological polar surface area (TPSA) is 53.5 Å². The highest BCUT2D eigenvalue weighted by Crippen LogP contribution is 2.32. The highest BCUT2D eigenvalue weighted by atomic mass is 16.2. The van der Waals surface area contributed by atoms with Crippen LogP contribution in [-0.2, 0) is 16.1 Å². The van der Waals surface area contributed by atoms with Crippen LogP contribution in [0.15, 0.2) is 24.5 Å². The van der Waals surface area contributed by atoms with E-state index in [0.717, 1.165) is 31.2 Å². The molecule has 1 saturated carbocycles. The molecule has 1 aromatic heterocycles. The SMILES string of the molecule is CC(C)(C)C(=O)N1CCC(C(=O)N(Cc2ccncc2)C2CC2)CC1. The van der Waals surface area contributed by atoms with Gasteiger partial charge in [-0.3, -0.25) is 14.6 Å². The number of likely N-dealkylation sites (tertiary alicyclic amines) is 1. The van der Waals surface area contributed by atoms with Crippen molar-refractivity contribution < 1.29 is 9.59 Å². The Kier molecular flexibility index (Phi) is 5.11. The number of aromatic nitrogens is 1. The van der Waals surface area contributed by atoms with E-state index in [1.54, 1.807) is 12.4 Å². The molecule has 0 radical (unpaired) electrons. The van der Waals surface area contributed by atoms with Gasteiger partial charge in [-0.05, 0) is 43.4 Å². The summed E-state index contributed by atoms with van der Waals surface area (Å²) in [4.78, 5) is 33.5. The Morgan fingerprint density at radius 1 is 1.12 bits per heavy atom. The quantitative estimate of drug-likeness (QED) is 0.845. The summed E-state index contributed by atoms with van der Waals surface area (Å²) < 4.78 is 0. The van der Waals surface area contributed by atoms with Crippen LogP contribution < -0.4 is 0 Å². The summed E-state index contributed by atoms with van der Waals surface area (Å²) in [6, 6.07) is 4.36. The molecule has 0 atom stereocenters. The summed E-state index contributed by atoms with van der Waals surface area (Å²) in [6.45, 7) is 7.93. The molecule has 1 aromatic rings. The average molecular weight is 343 g/mol. The number of carbonyl (C=O) groups is 2. The predicted octanol–water partition coefficient (Wildman–Crippen LogP) is 2.86. The van der Waals surface area contributed by atoms with Crippen molar-refractivity contribution in [2.75, 3.05) is 13.1 Å². The molecule has 5 nitrogen and oxygen atoms in total. The third kappa shape index (κ3) is 4.39. The minimum atomic E-state index is -0.349. The molecule has 2 aliphatic rings. The first-order chi connectivity index (χ1) is 11.9. The lowest BCUT2D eigenvalue weighted by Gasteiger charge is -2.37. The van der Waals surface area contributed by atoms with Crippen molar-refractivity contribution in [1.29, 1.82) is 0 Å². The van der Waals surface area contributed by atoms with E-state index in [0.29, 0.717) is 25.7 Å². The van der Waals surface area contributed by atoms with E-state index in [2.05, 4.69) is 9.88 Å². The van der Waals surface area contributed by atoms with Crippen molar-refractivity contribution in [1.82, 2.24) is 14.8 Å². The number of hydrogen-bond acceptors (Lipinski definition) is 3. The molecule has 2 amide bonds. The van der Waals surface area contributed by atoms with E-state index in [9.17, 15) is 9.59 Å². The van der Waals surface area contributed by atoms with Crippen LogP contribution in [0.5, 0.6) is 0 Å². The van der Waals surface area contributed by atoms with E-state index in [4.69, 9.17) is 0 Å². The van der Waals surface area contributed by atoms with E-state index < -0.39 is 0 Å². The van der Waals surface area contributed by atoms with Crippen molar-refractivity contribution in [2.45, 2.75) is 59.0 Å². The molecule has 0 bridgehead atoms. The van der Waals surface area contributed by atoms with Gasteiger partial charge in [0.1, 0.15) is 0 Å². The van der Waals surface area contributed by atoms with Gasteiger partial charge < -0.3 is 9.80 Å². The molecule has 0 aromatic carbocycles. The number of carbonyl (C=O) groups excluding carboxylic acids is 2. The predicted molar refractivity (Wildman–Crippen MR) is 96.6 cm³/mol. The van der Waals surface area contributed by atoms with Gasteiger partial charge in [0.25, 0.3) is 0 Å². The monoisotopic (exact) mass is 343 g/mol. The number of pyridine rings is 1. The van der Waals surface area contributed by atoms with Gasteiger partial charge in [-0.2, -0.15) is 0 Å². The lowest BCUT2D eigenvalue weighted by atomic mass is 9.90. The first-order valence-corrected chi connectivity index (χ1v) is 9.35. The second-order valence-corrected chi connectivity index (χ2v) is 8.37. The summed E-state index contributed by atoms with van der Waals surface area (Å²) >= 11 is 0. The molecule has 1 aliphatic carbocycles. The van der Waals surface area contributed by atoms with Crippen LogP contribution in [0.1, 0.15) is 52.0 Å². The highest BCUT2D eigenvalue weighted by Gasteiger charge is 2.38. The van der Waals surface area contributed by atoms with E-state index in [1.807, 2.05) is 37.8 Å². The Balaban J connectivity index is 1.60. The van der Waals surface area contributed by atoms with E-state index in [1.165, 1.54) is 0 Å². The normalized spacial score (nSPS) is 18.9. The molecule has 2 fully saturated rings. The summed E-state index contributed by atoms with van der Waals surface area (Å²) in [5.74, 6) is 0.503. The zero-order chi connectivity index (χ0) is 18.0. The molecule has 2 heterocycles. The minimum Gasteiger partial charge on any atom is -0.342 e. The Labute approximate surface area is 150 Å². The smallest absolute Gasteiger partial charge is 0.227 e. The standard InChI is InChI=1S/C20H29N3O2/c1-20(2,3)19(25)22-12-8-16(9-13-22)18(24)23(17-4-5-17)14-15-6-10-21-11-7-15/h6-7,10-11,16-17H,4-5,8-9,12-14H2,1-3H3.